The minimum Gasteiger partial charge on any atom is -0.495 e. The van der Waals surface area contributed by atoms with Gasteiger partial charge < -0.3 is 14.8 Å². The lowest BCUT2D eigenvalue weighted by atomic mass is 10.1. The Morgan fingerprint density at radius 1 is 1.41 bits per heavy atom. The Kier molecular flexibility index (Phi) is 6.46. The van der Waals surface area contributed by atoms with E-state index in [1.165, 1.54) is 7.11 Å². The van der Waals surface area contributed by atoms with Gasteiger partial charge in [0.1, 0.15) is 17.4 Å². The Hall–Kier alpha value is -2.48. The molecule has 0 unspecified atom stereocenters. The van der Waals surface area contributed by atoms with Crippen LogP contribution in [0, 0.1) is 11.3 Å². The summed E-state index contributed by atoms with van der Waals surface area (Å²) < 4.78 is 10.2. The lowest BCUT2D eigenvalue weighted by Crippen LogP contribution is -2.32. The number of methoxy groups -OCH3 is 1. The van der Waals surface area contributed by atoms with E-state index >= 15 is 0 Å². The number of rotatable bonds is 5. The van der Waals surface area contributed by atoms with E-state index in [0.717, 1.165) is 5.56 Å². The molecular weight excluding hydrogens is 280 g/mol. The van der Waals surface area contributed by atoms with Gasteiger partial charge in [0, 0.05) is 6.54 Å². The SMILES string of the molecule is COc1ccc(C=CCCNC(=O)OC(C)(C)C)cc1C#N. The standard InChI is InChI=1S/C17H22N2O3/c1-17(2,3)22-16(20)19-10-6-5-7-13-8-9-15(21-4)14(11-13)12-18/h5,7-9,11H,6,10H2,1-4H3,(H,19,20). The molecule has 1 aromatic carbocycles. The summed E-state index contributed by atoms with van der Waals surface area (Å²) in [6, 6.07) is 7.49. The van der Waals surface area contributed by atoms with Crippen LogP contribution in [0.5, 0.6) is 5.75 Å². The lowest BCUT2D eigenvalue weighted by molar-refractivity contribution is 0.0529. The van der Waals surface area contributed by atoms with Gasteiger partial charge in [-0.3, -0.25) is 0 Å². The molecule has 0 aliphatic carbocycles. The largest absolute Gasteiger partial charge is 0.495 e. The van der Waals surface area contributed by atoms with Crippen LogP contribution in [0.1, 0.15) is 38.3 Å². The first-order chi connectivity index (χ1) is 10.4. The number of carbonyl (C=O) groups excluding carboxylic acids is 1. The summed E-state index contributed by atoms with van der Waals surface area (Å²) in [4.78, 5) is 11.4. The normalized spacial score (nSPS) is 11.0. The van der Waals surface area contributed by atoms with Crippen LogP contribution in [0.4, 0.5) is 4.79 Å². The van der Waals surface area contributed by atoms with Gasteiger partial charge >= 0.3 is 6.09 Å². The van der Waals surface area contributed by atoms with E-state index in [1.54, 1.807) is 12.1 Å². The van der Waals surface area contributed by atoms with E-state index in [9.17, 15) is 4.79 Å². The number of nitrogens with one attached hydrogen (secondary N) is 1. The maximum Gasteiger partial charge on any atom is 0.407 e. The number of amides is 1. The third-order valence-corrected chi connectivity index (χ3v) is 2.63. The number of ether oxygens (including phenoxy) is 2. The van der Waals surface area contributed by atoms with Crippen molar-refractivity contribution in [2.45, 2.75) is 32.8 Å². The molecule has 1 amide bonds. The molecule has 0 aliphatic rings. The van der Waals surface area contributed by atoms with E-state index < -0.39 is 11.7 Å². The van der Waals surface area contributed by atoms with Crippen molar-refractivity contribution in [3.05, 3.63) is 35.4 Å². The van der Waals surface area contributed by atoms with Crippen LogP contribution in [0.15, 0.2) is 24.3 Å². The molecule has 0 radical (unpaired) electrons. The maximum atomic E-state index is 11.4. The molecule has 0 atom stereocenters. The van der Waals surface area contributed by atoms with Gasteiger partial charge in [0.15, 0.2) is 0 Å². The molecule has 5 heteroatoms. The first kappa shape index (κ1) is 17.6. The molecule has 22 heavy (non-hydrogen) atoms. The number of nitrogens with zero attached hydrogens (tertiary/aromatic N) is 1. The van der Waals surface area contributed by atoms with E-state index in [4.69, 9.17) is 14.7 Å². The molecule has 0 saturated heterocycles. The van der Waals surface area contributed by atoms with Crippen molar-refractivity contribution in [3.8, 4) is 11.8 Å². The Balaban J connectivity index is 2.44. The summed E-state index contributed by atoms with van der Waals surface area (Å²) in [5, 5.41) is 11.7. The first-order valence-electron chi connectivity index (χ1n) is 7.07. The van der Waals surface area contributed by atoms with Crippen molar-refractivity contribution in [3.63, 3.8) is 0 Å². The van der Waals surface area contributed by atoms with E-state index in [-0.39, 0.29) is 0 Å². The zero-order valence-corrected chi connectivity index (χ0v) is 13.5. The number of hydrogen-bond donors (Lipinski definition) is 1. The summed E-state index contributed by atoms with van der Waals surface area (Å²) in [5.74, 6) is 0.561. The molecule has 0 saturated carbocycles. The Labute approximate surface area is 131 Å². The molecule has 0 aromatic heterocycles. The Bertz CT molecular complexity index is 581. The van der Waals surface area contributed by atoms with Crippen LogP contribution >= 0.6 is 0 Å². The van der Waals surface area contributed by atoms with Gasteiger partial charge in [-0.05, 0) is 44.9 Å². The molecule has 0 heterocycles. The fraction of sp³-hybridized carbons (Fsp3) is 0.412. The van der Waals surface area contributed by atoms with Gasteiger partial charge in [-0.1, -0.05) is 18.2 Å². The maximum absolute atomic E-state index is 11.4. The second-order valence-corrected chi connectivity index (χ2v) is 5.69. The Morgan fingerprint density at radius 3 is 2.73 bits per heavy atom. The van der Waals surface area contributed by atoms with Gasteiger partial charge in [-0.2, -0.15) is 5.26 Å². The topological polar surface area (TPSA) is 71.3 Å². The quantitative estimate of drug-likeness (QED) is 0.845. The molecule has 0 aliphatic heterocycles. The van der Waals surface area contributed by atoms with Gasteiger partial charge in [0.25, 0.3) is 0 Å². The van der Waals surface area contributed by atoms with Crippen LogP contribution in [-0.2, 0) is 4.74 Å². The molecule has 118 valence electrons. The third-order valence-electron chi connectivity index (χ3n) is 2.63. The van der Waals surface area contributed by atoms with E-state index in [0.29, 0.717) is 24.3 Å². The monoisotopic (exact) mass is 302 g/mol. The van der Waals surface area contributed by atoms with Crippen molar-refractivity contribution in [2.24, 2.45) is 0 Å². The average molecular weight is 302 g/mol. The Morgan fingerprint density at radius 2 is 2.14 bits per heavy atom. The average Bonchev–Trinajstić information content (AvgIpc) is 2.44. The van der Waals surface area contributed by atoms with Crippen LogP contribution in [0.3, 0.4) is 0 Å². The highest BCUT2D eigenvalue weighted by atomic mass is 16.6. The van der Waals surface area contributed by atoms with E-state index in [1.807, 2.05) is 39.0 Å². The van der Waals surface area contributed by atoms with Gasteiger partial charge in [-0.25, -0.2) is 4.79 Å². The summed E-state index contributed by atoms with van der Waals surface area (Å²) in [5.41, 5.74) is 0.919. The highest BCUT2D eigenvalue weighted by Gasteiger charge is 2.15. The zero-order valence-electron chi connectivity index (χ0n) is 13.5. The summed E-state index contributed by atoms with van der Waals surface area (Å²) in [6.45, 7) is 5.96. The van der Waals surface area contributed by atoms with Gasteiger partial charge in [-0.15, -0.1) is 0 Å². The molecule has 5 nitrogen and oxygen atoms in total. The predicted molar refractivity (Wildman–Crippen MR) is 85.6 cm³/mol. The second-order valence-electron chi connectivity index (χ2n) is 5.69. The van der Waals surface area contributed by atoms with E-state index in [2.05, 4.69) is 11.4 Å². The minimum absolute atomic E-state index is 0.419. The molecule has 1 N–H and O–H groups in total. The van der Waals surface area contributed by atoms with Crippen molar-refractivity contribution in [1.29, 1.82) is 5.26 Å². The molecule has 0 bridgehead atoms. The summed E-state index contributed by atoms with van der Waals surface area (Å²) >= 11 is 0. The highest BCUT2D eigenvalue weighted by Crippen LogP contribution is 2.19. The molecule has 1 rings (SSSR count). The van der Waals surface area contributed by atoms with Crippen LogP contribution in [0.2, 0.25) is 0 Å². The van der Waals surface area contributed by atoms with Crippen molar-refractivity contribution >= 4 is 12.2 Å². The minimum atomic E-state index is -0.489. The van der Waals surface area contributed by atoms with Crippen molar-refractivity contribution < 1.29 is 14.3 Å². The number of benzene rings is 1. The number of hydrogen-bond acceptors (Lipinski definition) is 4. The van der Waals surface area contributed by atoms with Crippen molar-refractivity contribution in [2.75, 3.05) is 13.7 Å². The van der Waals surface area contributed by atoms with Crippen LogP contribution < -0.4 is 10.1 Å². The number of carbonyl (C=O) groups is 1. The van der Waals surface area contributed by atoms with Gasteiger partial charge in [0.2, 0.25) is 0 Å². The van der Waals surface area contributed by atoms with Crippen LogP contribution in [0.25, 0.3) is 6.08 Å². The van der Waals surface area contributed by atoms with Gasteiger partial charge in [0.05, 0.1) is 12.7 Å². The first-order valence-corrected chi connectivity index (χ1v) is 7.07. The lowest BCUT2D eigenvalue weighted by Gasteiger charge is -2.19. The molecular formula is C17H22N2O3. The fourth-order valence-electron chi connectivity index (χ4n) is 1.71. The second kappa shape index (κ2) is 8.08. The molecule has 1 aromatic rings. The summed E-state index contributed by atoms with van der Waals surface area (Å²) in [6.07, 6.45) is 4.09. The predicted octanol–water partition coefficient (Wildman–Crippen LogP) is 3.49. The smallest absolute Gasteiger partial charge is 0.407 e. The summed E-state index contributed by atoms with van der Waals surface area (Å²) in [7, 11) is 1.54. The highest BCUT2D eigenvalue weighted by molar-refractivity contribution is 5.67. The molecule has 0 spiro atoms. The van der Waals surface area contributed by atoms with Crippen molar-refractivity contribution in [1.82, 2.24) is 5.32 Å². The zero-order chi connectivity index (χ0) is 16.6. The fourth-order valence-corrected chi connectivity index (χ4v) is 1.71. The molecule has 0 fully saturated rings. The number of alkyl carbamates (subject to hydrolysis) is 1. The number of nitriles is 1. The van der Waals surface area contributed by atoms with Crippen LogP contribution in [-0.4, -0.2) is 25.3 Å². The third kappa shape index (κ3) is 6.31.